The number of rotatable bonds is 6. The molecule has 0 heterocycles. The lowest BCUT2D eigenvalue weighted by molar-refractivity contribution is 0.304. The lowest BCUT2D eigenvalue weighted by Crippen LogP contribution is -2.31. The predicted octanol–water partition coefficient (Wildman–Crippen LogP) is 4.00. The van der Waals surface area contributed by atoms with E-state index in [1.807, 2.05) is 25.1 Å². The largest absolute Gasteiger partial charge is 0.488 e. The van der Waals surface area contributed by atoms with Crippen LogP contribution >= 0.6 is 34.8 Å². The van der Waals surface area contributed by atoms with Crippen molar-refractivity contribution >= 4 is 46.1 Å². The van der Waals surface area contributed by atoms with Gasteiger partial charge in [-0.2, -0.15) is 5.10 Å². The van der Waals surface area contributed by atoms with Crippen LogP contribution in [0.4, 0.5) is 0 Å². The first-order valence-electron chi connectivity index (χ1n) is 7.63. The predicted molar refractivity (Wildman–Crippen MR) is 112 cm³/mol. The number of ether oxygens (including phenoxy) is 1. The third-order valence-electron chi connectivity index (χ3n) is 3.19. The van der Waals surface area contributed by atoms with E-state index in [0.717, 1.165) is 27.0 Å². The van der Waals surface area contributed by atoms with Crippen molar-refractivity contribution in [2.75, 3.05) is 6.54 Å². The van der Waals surface area contributed by atoms with Crippen molar-refractivity contribution < 1.29 is 4.74 Å². The Kier molecular flexibility index (Phi) is 7.45. The molecule has 2 aromatic carbocycles. The number of hydrazone groups is 1. The molecule has 0 aliphatic rings. The Labute approximate surface area is 161 Å². The molecule has 0 aromatic heterocycles. The van der Waals surface area contributed by atoms with Gasteiger partial charge in [0.25, 0.3) is 0 Å². The molecule has 0 aliphatic heterocycles. The number of nitrogens with one attached hydrogen (secondary N) is 2. The van der Waals surface area contributed by atoms with Crippen molar-refractivity contribution in [1.82, 2.24) is 10.7 Å². The Bertz CT molecular complexity index is 717. The first kappa shape index (κ1) is 18.7. The summed E-state index contributed by atoms with van der Waals surface area (Å²) in [7, 11) is 0. The van der Waals surface area contributed by atoms with Crippen LogP contribution in [0.25, 0.3) is 0 Å². The summed E-state index contributed by atoms with van der Waals surface area (Å²) in [6.07, 6.45) is 1.73. The van der Waals surface area contributed by atoms with Crippen molar-refractivity contribution in [2.24, 2.45) is 5.10 Å². The van der Waals surface area contributed by atoms with Crippen LogP contribution in [0.1, 0.15) is 23.6 Å². The Balaban J connectivity index is 1.92. The number of thiocarbonyl (C=S) groups is 1. The normalized spacial score (nSPS) is 10.6. The molecular weight excluding hydrogens is 433 g/mol. The molecule has 0 amide bonds. The molecule has 0 aliphatic carbocycles. The topological polar surface area (TPSA) is 45.7 Å². The van der Waals surface area contributed by atoms with Crippen LogP contribution in [-0.2, 0) is 6.61 Å². The van der Waals surface area contributed by atoms with Gasteiger partial charge in [-0.3, -0.25) is 5.43 Å². The summed E-state index contributed by atoms with van der Waals surface area (Å²) in [5.41, 5.74) is 6.16. The zero-order chi connectivity index (χ0) is 17.4. The van der Waals surface area contributed by atoms with Gasteiger partial charge in [0.1, 0.15) is 12.4 Å². The lowest BCUT2D eigenvalue weighted by Gasteiger charge is -2.09. The first-order chi connectivity index (χ1) is 11.6. The van der Waals surface area contributed by atoms with E-state index >= 15 is 0 Å². The second-order valence-electron chi connectivity index (χ2n) is 5.19. The quantitative estimate of drug-likeness (QED) is 0.301. The maximum absolute atomic E-state index is 5.89. The van der Waals surface area contributed by atoms with E-state index in [-0.39, 0.29) is 0 Å². The van der Waals surface area contributed by atoms with Crippen molar-refractivity contribution in [3.63, 3.8) is 0 Å². The molecule has 2 N–H and O–H groups in total. The SMILES string of the molecule is CCNC(=S)NN=Cc1ccc(OCc2ccc(C)cc2)c(I)c1. The zero-order valence-corrected chi connectivity index (χ0v) is 16.6. The van der Waals surface area contributed by atoms with Crippen molar-refractivity contribution in [1.29, 1.82) is 0 Å². The number of hydrogen-bond acceptors (Lipinski definition) is 3. The van der Waals surface area contributed by atoms with E-state index in [9.17, 15) is 0 Å². The third-order valence-corrected chi connectivity index (χ3v) is 4.27. The number of nitrogens with zero attached hydrogens (tertiary/aromatic N) is 1. The van der Waals surface area contributed by atoms with E-state index in [1.54, 1.807) is 6.21 Å². The molecule has 4 nitrogen and oxygen atoms in total. The van der Waals surface area contributed by atoms with Crippen LogP contribution in [0.15, 0.2) is 47.6 Å². The number of halogens is 1. The monoisotopic (exact) mass is 453 g/mol. The van der Waals surface area contributed by atoms with Crippen LogP contribution in [0.5, 0.6) is 5.75 Å². The van der Waals surface area contributed by atoms with E-state index < -0.39 is 0 Å². The van der Waals surface area contributed by atoms with Gasteiger partial charge in [0.15, 0.2) is 5.11 Å². The van der Waals surface area contributed by atoms with Gasteiger partial charge in [0.2, 0.25) is 0 Å². The summed E-state index contributed by atoms with van der Waals surface area (Å²) in [4.78, 5) is 0. The highest BCUT2D eigenvalue weighted by atomic mass is 127. The van der Waals surface area contributed by atoms with Gasteiger partial charge in [0, 0.05) is 6.54 Å². The Morgan fingerprint density at radius 2 is 2.00 bits per heavy atom. The van der Waals surface area contributed by atoms with Crippen LogP contribution in [0.2, 0.25) is 0 Å². The molecule has 0 bridgehead atoms. The second kappa shape index (κ2) is 9.58. The lowest BCUT2D eigenvalue weighted by atomic mass is 10.2. The standard InChI is InChI=1S/C18H20IN3OS/c1-3-20-18(24)22-21-11-15-8-9-17(16(19)10-15)23-12-14-6-4-13(2)5-7-14/h4-11H,3,12H2,1-2H3,(H2,20,22,24). The zero-order valence-electron chi connectivity index (χ0n) is 13.7. The second-order valence-corrected chi connectivity index (χ2v) is 6.76. The van der Waals surface area contributed by atoms with Crippen molar-refractivity contribution in [3.8, 4) is 5.75 Å². The fourth-order valence-corrected chi connectivity index (χ4v) is 2.82. The van der Waals surface area contributed by atoms with Crippen LogP contribution in [-0.4, -0.2) is 17.9 Å². The summed E-state index contributed by atoms with van der Waals surface area (Å²) in [6, 6.07) is 14.3. The van der Waals surface area contributed by atoms with Crippen LogP contribution in [0.3, 0.4) is 0 Å². The van der Waals surface area contributed by atoms with Gasteiger partial charge >= 0.3 is 0 Å². The smallest absolute Gasteiger partial charge is 0.186 e. The molecule has 0 fully saturated rings. The molecular formula is C18H20IN3OS. The van der Waals surface area contributed by atoms with Gasteiger partial charge in [0.05, 0.1) is 9.78 Å². The molecule has 2 aromatic rings. The van der Waals surface area contributed by atoms with Crippen molar-refractivity contribution in [2.45, 2.75) is 20.5 Å². The molecule has 0 spiro atoms. The molecule has 0 radical (unpaired) electrons. The number of benzene rings is 2. The summed E-state index contributed by atoms with van der Waals surface area (Å²) in [6.45, 7) is 5.39. The Hall–Kier alpha value is -1.67. The van der Waals surface area contributed by atoms with Crippen molar-refractivity contribution in [3.05, 3.63) is 62.7 Å². The molecule has 0 atom stereocenters. The molecule has 24 heavy (non-hydrogen) atoms. The maximum atomic E-state index is 5.89. The average molecular weight is 453 g/mol. The summed E-state index contributed by atoms with van der Waals surface area (Å²) >= 11 is 7.31. The summed E-state index contributed by atoms with van der Waals surface area (Å²) < 4.78 is 6.93. The molecule has 6 heteroatoms. The van der Waals surface area contributed by atoms with Gasteiger partial charge in [-0.25, -0.2) is 0 Å². The minimum Gasteiger partial charge on any atom is -0.488 e. The molecule has 0 saturated heterocycles. The van der Waals surface area contributed by atoms with Gasteiger partial charge < -0.3 is 10.1 Å². The highest BCUT2D eigenvalue weighted by molar-refractivity contribution is 14.1. The molecule has 0 unspecified atom stereocenters. The van der Waals surface area contributed by atoms with E-state index in [0.29, 0.717) is 11.7 Å². The maximum Gasteiger partial charge on any atom is 0.186 e. The van der Waals surface area contributed by atoms with Gasteiger partial charge in [-0.05, 0) is 78.0 Å². The highest BCUT2D eigenvalue weighted by Gasteiger charge is 2.03. The summed E-state index contributed by atoms with van der Waals surface area (Å²) in [5.74, 6) is 0.865. The van der Waals surface area contributed by atoms with Gasteiger partial charge in [-0.1, -0.05) is 29.8 Å². The van der Waals surface area contributed by atoms with Crippen LogP contribution in [0, 0.1) is 10.5 Å². The van der Waals surface area contributed by atoms with E-state index in [2.05, 4.69) is 69.6 Å². The highest BCUT2D eigenvalue weighted by Crippen LogP contribution is 2.22. The number of hydrogen-bond donors (Lipinski definition) is 2. The minimum absolute atomic E-state index is 0.515. The summed E-state index contributed by atoms with van der Waals surface area (Å²) in [5, 5.41) is 7.60. The van der Waals surface area contributed by atoms with E-state index in [1.165, 1.54) is 5.56 Å². The van der Waals surface area contributed by atoms with E-state index in [4.69, 9.17) is 17.0 Å². The fraction of sp³-hybridized carbons (Fsp3) is 0.222. The third kappa shape index (κ3) is 6.09. The fourth-order valence-electron chi connectivity index (χ4n) is 1.93. The van der Waals surface area contributed by atoms with Crippen LogP contribution < -0.4 is 15.5 Å². The first-order valence-corrected chi connectivity index (χ1v) is 9.12. The van der Waals surface area contributed by atoms with Gasteiger partial charge in [-0.15, -0.1) is 0 Å². The Morgan fingerprint density at radius 1 is 1.25 bits per heavy atom. The molecule has 0 saturated carbocycles. The number of aryl methyl sites for hydroxylation is 1. The Morgan fingerprint density at radius 3 is 2.67 bits per heavy atom. The minimum atomic E-state index is 0.515. The average Bonchev–Trinajstić information content (AvgIpc) is 2.56. The molecule has 126 valence electrons. The molecule has 2 rings (SSSR count).